The normalized spacial score (nSPS) is 21.1. The monoisotopic (exact) mass is 521 g/mol. The second kappa shape index (κ2) is 9.95. The average molecular weight is 521 g/mol. The van der Waals surface area contributed by atoms with Gasteiger partial charge in [0, 0.05) is 30.8 Å². The molecule has 1 aromatic carbocycles. The molecule has 2 fully saturated rings. The predicted octanol–water partition coefficient (Wildman–Crippen LogP) is 3.33. The number of hydrogen-bond donors (Lipinski definition) is 1. The lowest BCUT2D eigenvalue weighted by molar-refractivity contribution is -0.171. The molecule has 4 rings (SSSR count). The summed E-state index contributed by atoms with van der Waals surface area (Å²) in [5.41, 5.74) is 0.345. The number of likely N-dealkylation sites (tertiary alicyclic amines) is 1. The Balaban J connectivity index is 1.38. The van der Waals surface area contributed by atoms with E-state index >= 15 is 0 Å². The third kappa shape index (κ3) is 5.55. The van der Waals surface area contributed by atoms with Gasteiger partial charge in [-0.15, -0.1) is 0 Å². The molecule has 196 valence electrons. The molecule has 2 aliphatic rings. The quantitative estimate of drug-likeness (QED) is 0.620. The van der Waals surface area contributed by atoms with Crippen LogP contribution in [0.3, 0.4) is 0 Å². The van der Waals surface area contributed by atoms with Gasteiger partial charge in [-0.25, -0.2) is 4.79 Å². The molecule has 0 saturated carbocycles. The first-order valence-electron chi connectivity index (χ1n) is 11.0. The number of hydrogen-bond acceptors (Lipinski definition) is 6. The number of rotatable bonds is 4. The zero-order chi connectivity index (χ0) is 26.1. The maximum atomic E-state index is 13.3. The van der Waals surface area contributed by atoms with Gasteiger partial charge in [0.05, 0.1) is 19.3 Å². The van der Waals surface area contributed by atoms with E-state index in [1.807, 2.05) is 0 Å². The summed E-state index contributed by atoms with van der Waals surface area (Å²) < 4.78 is 87.4. The van der Waals surface area contributed by atoms with Crippen molar-refractivity contribution in [1.29, 1.82) is 0 Å². The molecule has 0 aliphatic carbocycles. The summed E-state index contributed by atoms with van der Waals surface area (Å²) in [7, 11) is 0. The van der Waals surface area contributed by atoms with Crippen LogP contribution in [0.15, 0.2) is 28.8 Å². The number of aromatic nitrogens is 2. The van der Waals surface area contributed by atoms with Crippen molar-refractivity contribution < 1.29 is 45.2 Å². The molecule has 36 heavy (non-hydrogen) atoms. The molecule has 9 nitrogen and oxygen atoms in total. The summed E-state index contributed by atoms with van der Waals surface area (Å²) in [6.45, 7) is 0.205. The molecule has 3 heterocycles. The number of halogens is 6. The second-order valence-electron chi connectivity index (χ2n) is 8.31. The predicted molar refractivity (Wildman–Crippen MR) is 110 cm³/mol. The van der Waals surface area contributed by atoms with E-state index in [4.69, 9.17) is 4.74 Å². The van der Waals surface area contributed by atoms with Crippen molar-refractivity contribution in [2.24, 2.45) is 0 Å². The molecule has 1 aromatic heterocycles. The third-order valence-electron chi connectivity index (χ3n) is 5.92. The standard InChI is InChI=1S/C21H21F6N5O4/c22-20(23,24)15-2-1-7-32(15)19(34)31-8-9-35-11-14(31)10-28-17(33)13-5-3-12(4-6-13)16-29-18(36-30-16)21(25,26)27/h3-6,14-15H,1-2,7-11H2,(H,28,33)/t14-,15?/m0/s1. The summed E-state index contributed by atoms with van der Waals surface area (Å²) in [5.74, 6) is -2.36. The van der Waals surface area contributed by atoms with E-state index in [0.717, 1.165) is 4.90 Å². The fraction of sp³-hybridized carbons (Fsp3) is 0.524. The highest BCUT2D eigenvalue weighted by atomic mass is 19.4. The van der Waals surface area contributed by atoms with Crippen LogP contribution in [0.4, 0.5) is 31.1 Å². The first-order chi connectivity index (χ1) is 16.9. The average Bonchev–Trinajstić information content (AvgIpc) is 3.52. The molecule has 0 radical (unpaired) electrons. The molecule has 2 aromatic rings. The number of ether oxygens (including phenoxy) is 1. The minimum Gasteiger partial charge on any atom is -0.377 e. The number of urea groups is 1. The van der Waals surface area contributed by atoms with Gasteiger partial charge in [0.25, 0.3) is 5.91 Å². The lowest BCUT2D eigenvalue weighted by Gasteiger charge is -2.39. The van der Waals surface area contributed by atoms with Crippen molar-refractivity contribution in [2.45, 2.75) is 37.3 Å². The first kappa shape index (κ1) is 25.7. The Morgan fingerprint density at radius 1 is 1.06 bits per heavy atom. The lowest BCUT2D eigenvalue weighted by atomic mass is 10.1. The maximum absolute atomic E-state index is 13.3. The number of nitrogens with zero attached hydrogens (tertiary/aromatic N) is 4. The number of nitrogens with one attached hydrogen (secondary N) is 1. The van der Waals surface area contributed by atoms with Crippen LogP contribution in [0.2, 0.25) is 0 Å². The van der Waals surface area contributed by atoms with Crippen molar-refractivity contribution in [1.82, 2.24) is 25.3 Å². The van der Waals surface area contributed by atoms with Gasteiger partial charge in [0.2, 0.25) is 5.82 Å². The van der Waals surface area contributed by atoms with E-state index in [1.54, 1.807) is 0 Å². The van der Waals surface area contributed by atoms with Crippen LogP contribution in [0.5, 0.6) is 0 Å². The van der Waals surface area contributed by atoms with E-state index in [1.165, 1.54) is 29.2 Å². The second-order valence-corrected chi connectivity index (χ2v) is 8.31. The molecule has 1 N–H and O–H groups in total. The molecule has 0 bridgehead atoms. The minimum absolute atomic E-state index is 0.00334. The maximum Gasteiger partial charge on any atom is 0.471 e. The van der Waals surface area contributed by atoms with Crippen molar-refractivity contribution in [2.75, 3.05) is 32.8 Å². The van der Waals surface area contributed by atoms with Crippen LogP contribution in [0, 0.1) is 0 Å². The highest BCUT2D eigenvalue weighted by Gasteiger charge is 2.49. The molecule has 15 heteroatoms. The third-order valence-corrected chi connectivity index (χ3v) is 5.92. The number of alkyl halides is 6. The van der Waals surface area contributed by atoms with Crippen LogP contribution < -0.4 is 5.32 Å². The van der Waals surface area contributed by atoms with Gasteiger partial charge in [0.15, 0.2) is 0 Å². The Morgan fingerprint density at radius 3 is 2.42 bits per heavy atom. The van der Waals surface area contributed by atoms with E-state index < -0.39 is 42.3 Å². The fourth-order valence-electron chi connectivity index (χ4n) is 4.12. The topological polar surface area (TPSA) is 101 Å². The highest BCUT2D eigenvalue weighted by Crippen LogP contribution is 2.34. The van der Waals surface area contributed by atoms with E-state index in [2.05, 4.69) is 20.0 Å². The SMILES string of the molecule is O=C(NC[C@H]1COCCN1C(=O)N1CCCC1C(F)(F)F)c1ccc(-c2noc(C(F)(F)F)n2)cc1. The molecule has 2 aliphatic heterocycles. The molecular formula is C21H21F6N5O4. The van der Waals surface area contributed by atoms with Gasteiger partial charge in [-0.3, -0.25) is 4.79 Å². The van der Waals surface area contributed by atoms with Gasteiger partial charge >= 0.3 is 24.3 Å². The van der Waals surface area contributed by atoms with Crippen molar-refractivity contribution in [3.8, 4) is 11.4 Å². The van der Waals surface area contributed by atoms with Crippen LogP contribution in [-0.2, 0) is 10.9 Å². The van der Waals surface area contributed by atoms with E-state index in [0.29, 0.717) is 0 Å². The first-order valence-corrected chi connectivity index (χ1v) is 11.0. The van der Waals surface area contributed by atoms with Crippen molar-refractivity contribution in [3.05, 3.63) is 35.7 Å². The molecular weight excluding hydrogens is 500 g/mol. The Hall–Kier alpha value is -3.36. The number of carbonyl (C=O) groups excluding carboxylic acids is 2. The highest BCUT2D eigenvalue weighted by molar-refractivity contribution is 5.94. The summed E-state index contributed by atoms with van der Waals surface area (Å²) in [5, 5.41) is 5.89. The number of carbonyl (C=O) groups is 2. The van der Waals surface area contributed by atoms with Crippen LogP contribution in [0.25, 0.3) is 11.4 Å². The lowest BCUT2D eigenvalue weighted by Crippen LogP contribution is -2.59. The zero-order valence-electron chi connectivity index (χ0n) is 18.6. The summed E-state index contributed by atoms with van der Waals surface area (Å²) >= 11 is 0. The summed E-state index contributed by atoms with van der Waals surface area (Å²) in [4.78, 5) is 30.9. The zero-order valence-corrected chi connectivity index (χ0v) is 18.6. The van der Waals surface area contributed by atoms with Crippen LogP contribution in [-0.4, -0.2) is 83.0 Å². The number of morpholine rings is 1. The summed E-state index contributed by atoms with van der Waals surface area (Å²) in [6, 6.07) is 2.09. The van der Waals surface area contributed by atoms with Crippen LogP contribution >= 0.6 is 0 Å². The number of benzene rings is 1. The Kier molecular flexibility index (Phi) is 7.11. The molecule has 2 saturated heterocycles. The van der Waals surface area contributed by atoms with Crippen molar-refractivity contribution in [3.63, 3.8) is 0 Å². The van der Waals surface area contributed by atoms with Gasteiger partial charge in [-0.05, 0) is 25.0 Å². The van der Waals surface area contributed by atoms with Crippen LogP contribution in [0.1, 0.15) is 29.1 Å². The largest absolute Gasteiger partial charge is 0.471 e. The van der Waals surface area contributed by atoms with Gasteiger partial charge in [-0.2, -0.15) is 31.3 Å². The van der Waals surface area contributed by atoms with Gasteiger partial charge in [-0.1, -0.05) is 17.3 Å². The Morgan fingerprint density at radius 2 is 1.78 bits per heavy atom. The van der Waals surface area contributed by atoms with Crippen molar-refractivity contribution >= 4 is 11.9 Å². The van der Waals surface area contributed by atoms with E-state index in [-0.39, 0.29) is 62.6 Å². The Labute approximate surface area is 200 Å². The number of amides is 3. The van der Waals surface area contributed by atoms with E-state index in [9.17, 15) is 35.9 Å². The molecule has 3 amide bonds. The Bertz CT molecular complexity index is 1090. The molecule has 1 unspecified atom stereocenters. The smallest absolute Gasteiger partial charge is 0.377 e. The van der Waals surface area contributed by atoms with Gasteiger partial charge < -0.3 is 24.4 Å². The summed E-state index contributed by atoms with van der Waals surface area (Å²) in [6.07, 6.45) is -9.22. The minimum atomic E-state index is -4.79. The van der Waals surface area contributed by atoms with Gasteiger partial charge in [0.1, 0.15) is 6.04 Å². The molecule has 2 atom stereocenters. The fourth-order valence-corrected chi connectivity index (χ4v) is 4.12. The molecule has 0 spiro atoms.